The Labute approximate surface area is 114 Å². The molecular weight excluding hydrogens is 242 g/mol. The van der Waals surface area contributed by atoms with E-state index in [9.17, 15) is 4.79 Å². The van der Waals surface area contributed by atoms with Crippen LogP contribution in [0.5, 0.6) is 0 Å². The van der Waals surface area contributed by atoms with Crippen LogP contribution < -0.4 is 16.4 Å². The molecule has 1 aromatic rings. The van der Waals surface area contributed by atoms with Gasteiger partial charge in [-0.3, -0.25) is 9.48 Å². The van der Waals surface area contributed by atoms with Crippen molar-refractivity contribution < 1.29 is 4.79 Å². The highest BCUT2D eigenvalue weighted by atomic mass is 16.2. The summed E-state index contributed by atoms with van der Waals surface area (Å²) in [5.41, 5.74) is 7.12. The van der Waals surface area contributed by atoms with Crippen LogP contribution in [0.4, 0.5) is 11.5 Å². The number of nitrogens with two attached hydrogens (primary N) is 1. The second-order valence-electron chi connectivity index (χ2n) is 5.74. The Hall–Kier alpha value is -1.72. The maximum Gasteiger partial charge on any atom is 0.227 e. The zero-order valence-electron chi connectivity index (χ0n) is 12.7. The van der Waals surface area contributed by atoms with Gasteiger partial charge in [0.2, 0.25) is 5.91 Å². The first-order valence-electron chi connectivity index (χ1n) is 6.49. The Balaban J connectivity index is 2.87. The molecule has 108 valence electrons. The van der Waals surface area contributed by atoms with Crippen molar-refractivity contribution in [1.82, 2.24) is 15.1 Å². The van der Waals surface area contributed by atoms with Crippen LogP contribution >= 0.6 is 0 Å². The van der Waals surface area contributed by atoms with E-state index in [1.807, 2.05) is 20.9 Å². The summed E-state index contributed by atoms with van der Waals surface area (Å²) in [5.74, 6) is 1.03. The highest BCUT2D eigenvalue weighted by Gasteiger charge is 2.27. The fourth-order valence-corrected chi connectivity index (χ4v) is 1.92. The molecule has 0 saturated heterocycles. The average molecular weight is 267 g/mol. The summed E-state index contributed by atoms with van der Waals surface area (Å²) in [6, 6.07) is 0. The second kappa shape index (κ2) is 5.50. The largest absolute Gasteiger partial charge is 0.394 e. The number of hydrogen-bond acceptors (Lipinski definition) is 4. The summed E-state index contributed by atoms with van der Waals surface area (Å²) >= 11 is 0. The first-order valence-corrected chi connectivity index (χ1v) is 6.49. The molecule has 1 heterocycles. The fourth-order valence-electron chi connectivity index (χ4n) is 1.92. The van der Waals surface area contributed by atoms with Gasteiger partial charge in [0, 0.05) is 20.6 Å². The zero-order valence-corrected chi connectivity index (χ0v) is 12.7. The van der Waals surface area contributed by atoms with Gasteiger partial charge >= 0.3 is 0 Å². The summed E-state index contributed by atoms with van der Waals surface area (Å²) in [6.07, 6.45) is 0. The SMILES string of the molecule is CNC(=O)C(C)(C)CNc1c(N)c(C(C)C)nn1C. The van der Waals surface area contributed by atoms with Crippen LogP contribution in [0.25, 0.3) is 0 Å². The number of nitrogens with zero attached hydrogens (tertiary/aromatic N) is 2. The normalized spacial score (nSPS) is 11.7. The number of aryl methyl sites for hydroxylation is 1. The molecule has 1 amide bonds. The number of carbonyl (C=O) groups excluding carboxylic acids is 1. The quantitative estimate of drug-likeness (QED) is 0.751. The predicted octanol–water partition coefficient (Wildman–Crippen LogP) is 1.31. The molecule has 0 saturated carbocycles. The summed E-state index contributed by atoms with van der Waals surface area (Å²) in [7, 11) is 3.48. The summed E-state index contributed by atoms with van der Waals surface area (Å²) in [6.45, 7) is 8.37. The maximum atomic E-state index is 11.7. The van der Waals surface area contributed by atoms with Gasteiger partial charge < -0.3 is 16.4 Å². The molecule has 0 unspecified atom stereocenters. The summed E-state index contributed by atoms with van der Waals surface area (Å²) < 4.78 is 1.73. The minimum Gasteiger partial charge on any atom is -0.394 e. The topological polar surface area (TPSA) is 85.0 Å². The van der Waals surface area contributed by atoms with Crippen molar-refractivity contribution in [3.63, 3.8) is 0 Å². The fraction of sp³-hybridized carbons (Fsp3) is 0.692. The number of nitrogen functional groups attached to an aromatic ring is 1. The molecular formula is C13H25N5O. The molecule has 0 fully saturated rings. The molecule has 6 nitrogen and oxygen atoms in total. The van der Waals surface area contributed by atoms with E-state index in [0.29, 0.717) is 12.2 Å². The van der Waals surface area contributed by atoms with Crippen LogP contribution in [0.15, 0.2) is 0 Å². The van der Waals surface area contributed by atoms with Crippen LogP contribution in [0.1, 0.15) is 39.3 Å². The van der Waals surface area contributed by atoms with E-state index in [1.165, 1.54) is 0 Å². The van der Waals surface area contributed by atoms with Crippen LogP contribution in [0, 0.1) is 5.41 Å². The van der Waals surface area contributed by atoms with E-state index in [0.717, 1.165) is 11.5 Å². The lowest BCUT2D eigenvalue weighted by Gasteiger charge is -2.23. The van der Waals surface area contributed by atoms with Crippen LogP contribution in [-0.2, 0) is 11.8 Å². The number of nitrogens with one attached hydrogen (secondary N) is 2. The molecule has 0 aromatic carbocycles. The van der Waals surface area contributed by atoms with Crippen molar-refractivity contribution in [2.45, 2.75) is 33.6 Å². The van der Waals surface area contributed by atoms with Crippen LogP contribution in [-0.4, -0.2) is 29.3 Å². The molecule has 0 aliphatic rings. The molecule has 1 aromatic heterocycles. The Bertz CT molecular complexity index is 462. The van der Waals surface area contributed by atoms with E-state index in [2.05, 4.69) is 29.6 Å². The summed E-state index contributed by atoms with van der Waals surface area (Å²) in [5, 5.41) is 10.3. The number of amides is 1. The van der Waals surface area contributed by atoms with E-state index >= 15 is 0 Å². The van der Waals surface area contributed by atoms with Crippen molar-refractivity contribution >= 4 is 17.4 Å². The van der Waals surface area contributed by atoms with Crippen molar-refractivity contribution in [3.05, 3.63) is 5.69 Å². The van der Waals surface area contributed by atoms with Crippen LogP contribution in [0.3, 0.4) is 0 Å². The van der Waals surface area contributed by atoms with Gasteiger partial charge in [-0.1, -0.05) is 13.8 Å². The second-order valence-corrected chi connectivity index (χ2v) is 5.74. The Morgan fingerprint density at radius 3 is 2.47 bits per heavy atom. The third kappa shape index (κ3) is 3.19. The lowest BCUT2D eigenvalue weighted by atomic mass is 9.92. The third-order valence-electron chi connectivity index (χ3n) is 3.20. The molecule has 6 heteroatoms. The van der Waals surface area contributed by atoms with Crippen molar-refractivity contribution in [3.8, 4) is 0 Å². The zero-order chi connectivity index (χ0) is 14.8. The average Bonchev–Trinajstić information content (AvgIpc) is 2.61. The van der Waals surface area contributed by atoms with Gasteiger partial charge in [-0.05, 0) is 19.8 Å². The van der Waals surface area contributed by atoms with Crippen LogP contribution in [0.2, 0.25) is 0 Å². The van der Waals surface area contributed by atoms with Gasteiger partial charge in [-0.25, -0.2) is 0 Å². The molecule has 19 heavy (non-hydrogen) atoms. The Kier molecular flexibility index (Phi) is 4.44. The Morgan fingerprint density at radius 2 is 2.05 bits per heavy atom. The number of hydrogen-bond donors (Lipinski definition) is 3. The molecule has 0 spiro atoms. The lowest BCUT2D eigenvalue weighted by Crippen LogP contribution is -2.39. The predicted molar refractivity (Wildman–Crippen MR) is 78.0 cm³/mol. The number of rotatable bonds is 5. The molecule has 1 rings (SSSR count). The molecule has 0 aliphatic heterocycles. The molecule has 0 aliphatic carbocycles. The minimum atomic E-state index is -0.510. The minimum absolute atomic E-state index is 0.00942. The number of anilines is 2. The van der Waals surface area contributed by atoms with E-state index in [4.69, 9.17) is 5.73 Å². The van der Waals surface area contributed by atoms with Gasteiger partial charge in [-0.2, -0.15) is 5.10 Å². The highest BCUT2D eigenvalue weighted by Crippen LogP contribution is 2.28. The van der Waals surface area contributed by atoms with Gasteiger partial charge in [0.1, 0.15) is 5.82 Å². The van der Waals surface area contributed by atoms with Crippen molar-refractivity contribution in [2.24, 2.45) is 12.5 Å². The standard InChI is InChI=1S/C13H25N5O/c1-8(2)10-9(14)11(18(6)17-10)16-7-13(3,4)12(19)15-5/h8,16H,7,14H2,1-6H3,(H,15,19). The van der Waals surface area contributed by atoms with E-state index < -0.39 is 5.41 Å². The first-order chi connectivity index (χ1) is 8.70. The highest BCUT2D eigenvalue weighted by molar-refractivity contribution is 5.82. The third-order valence-corrected chi connectivity index (χ3v) is 3.20. The smallest absolute Gasteiger partial charge is 0.227 e. The van der Waals surface area contributed by atoms with E-state index in [-0.39, 0.29) is 11.8 Å². The van der Waals surface area contributed by atoms with E-state index in [1.54, 1.807) is 11.7 Å². The number of aromatic nitrogens is 2. The van der Waals surface area contributed by atoms with Crippen molar-refractivity contribution in [2.75, 3.05) is 24.6 Å². The lowest BCUT2D eigenvalue weighted by molar-refractivity contribution is -0.128. The van der Waals surface area contributed by atoms with Gasteiger partial charge in [0.25, 0.3) is 0 Å². The molecule has 0 bridgehead atoms. The maximum absolute atomic E-state index is 11.7. The molecule has 0 atom stereocenters. The van der Waals surface area contributed by atoms with Crippen molar-refractivity contribution in [1.29, 1.82) is 0 Å². The van der Waals surface area contributed by atoms with Gasteiger partial charge in [-0.15, -0.1) is 0 Å². The Morgan fingerprint density at radius 1 is 1.47 bits per heavy atom. The monoisotopic (exact) mass is 267 g/mol. The molecule has 4 N–H and O–H groups in total. The first kappa shape index (κ1) is 15.3. The number of carbonyl (C=O) groups is 1. The molecule has 0 radical (unpaired) electrons. The summed E-state index contributed by atoms with van der Waals surface area (Å²) in [4.78, 5) is 11.7. The van der Waals surface area contributed by atoms with Gasteiger partial charge in [0.15, 0.2) is 0 Å². The van der Waals surface area contributed by atoms with Gasteiger partial charge in [0.05, 0.1) is 16.8 Å².